The Hall–Kier alpha value is -3.61. The van der Waals surface area contributed by atoms with Crippen molar-refractivity contribution in [3.63, 3.8) is 0 Å². The average Bonchev–Trinajstić information content (AvgIpc) is 2.80. The van der Waals surface area contributed by atoms with Crippen LogP contribution in [-0.4, -0.2) is 29.6 Å². The highest BCUT2D eigenvalue weighted by Crippen LogP contribution is 2.30. The van der Waals surface area contributed by atoms with E-state index < -0.39 is 23.5 Å². The molecule has 7 nitrogen and oxygen atoms in total. The fourth-order valence-corrected chi connectivity index (χ4v) is 3.77. The van der Waals surface area contributed by atoms with Gasteiger partial charge in [0.15, 0.2) is 6.61 Å². The van der Waals surface area contributed by atoms with Gasteiger partial charge in [-0.2, -0.15) is 0 Å². The van der Waals surface area contributed by atoms with Crippen LogP contribution in [0.3, 0.4) is 0 Å². The molecule has 1 heterocycles. The number of nitrogens with one attached hydrogen (secondary N) is 1. The van der Waals surface area contributed by atoms with Crippen LogP contribution in [0.1, 0.15) is 42.5 Å². The maximum absolute atomic E-state index is 12.7. The lowest BCUT2D eigenvalue weighted by Gasteiger charge is -2.20. The maximum atomic E-state index is 12.7. The summed E-state index contributed by atoms with van der Waals surface area (Å²) in [5.41, 5.74) is 3.08. The number of hydrogen-bond acceptors (Lipinski definition) is 5. The van der Waals surface area contributed by atoms with Crippen molar-refractivity contribution in [3.05, 3.63) is 75.1 Å². The molecule has 0 aliphatic heterocycles. The number of benzene rings is 2. The van der Waals surface area contributed by atoms with Crippen molar-refractivity contribution >= 4 is 22.8 Å². The Kier molecular flexibility index (Phi) is 7.53. The second-order valence-electron chi connectivity index (χ2n) is 8.28. The molecule has 1 amide bonds. The summed E-state index contributed by atoms with van der Waals surface area (Å²) in [6.07, 6.45) is 1.09. The van der Waals surface area contributed by atoms with Gasteiger partial charge in [-0.05, 0) is 43.0 Å². The lowest BCUT2D eigenvalue weighted by molar-refractivity contribution is -0.143. The quantitative estimate of drug-likeness (QED) is 0.477. The van der Waals surface area contributed by atoms with Crippen LogP contribution in [0.4, 0.5) is 0 Å². The van der Waals surface area contributed by atoms with Crippen molar-refractivity contribution < 1.29 is 23.8 Å². The van der Waals surface area contributed by atoms with E-state index in [9.17, 15) is 19.5 Å². The molecular weight excluding hydrogens is 422 g/mol. The fourth-order valence-electron chi connectivity index (χ4n) is 3.77. The second-order valence-corrected chi connectivity index (χ2v) is 8.28. The maximum Gasteiger partial charge on any atom is 0.340 e. The van der Waals surface area contributed by atoms with Crippen molar-refractivity contribution in [2.75, 3.05) is 6.61 Å². The topological polar surface area (TPSA) is 106 Å². The van der Waals surface area contributed by atoms with Gasteiger partial charge in [-0.3, -0.25) is 4.79 Å². The Morgan fingerprint density at radius 3 is 2.42 bits per heavy atom. The van der Waals surface area contributed by atoms with Crippen LogP contribution >= 0.6 is 0 Å². The monoisotopic (exact) mass is 451 g/mol. The smallest absolute Gasteiger partial charge is 0.340 e. The van der Waals surface area contributed by atoms with E-state index in [4.69, 9.17) is 9.15 Å². The molecule has 2 unspecified atom stereocenters. The van der Waals surface area contributed by atoms with Gasteiger partial charge < -0.3 is 19.6 Å². The molecule has 0 fully saturated rings. The van der Waals surface area contributed by atoms with Crippen molar-refractivity contribution in [1.29, 1.82) is 0 Å². The summed E-state index contributed by atoms with van der Waals surface area (Å²) in [5.74, 6) is -1.43. The standard InChI is InChI=1S/C26H29NO6/c1-5-15(2)23(25(29)30)27-22(28)14-32-21-12-11-19-16(3)20(13-18-9-7-6-8-10-18)26(31)33-24(19)17(21)4/h6-12,15,23H,5,13-14H2,1-4H3,(H,27,28)(H,29,30). The Balaban J connectivity index is 1.81. The van der Waals surface area contributed by atoms with Gasteiger partial charge in [0.25, 0.3) is 5.91 Å². The zero-order valence-corrected chi connectivity index (χ0v) is 19.3. The third-order valence-corrected chi connectivity index (χ3v) is 6.03. The molecule has 1 aromatic heterocycles. The number of carboxylic acid groups (broad SMARTS) is 1. The summed E-state index contributed by atoms with van der Waals surface area (Å²) in [4.78, 5) is 36.4. The fraction of sp³-hybridized carbons (Fsp3) is 0.346. The Morgan fingerprint density at radius 1 is 1.09 bits per heavy atom. The highest BCUT2D eigenvalue weighted by Gasteiger charge is 2.25. The SMILES string of the molecule is CCC(C)C(NC(=O)COc1ccc2c(C)c(Cc3ccccc3)c(=O)oc2c1C)C(=O)O. The largest absolute Gasteiger partial charge is 0.483 e. The molecule has 2 atom stereocenters. The van der Waals surface area contributed by atoms with Crippen LogP contribution in [0.5, 0.6) is 5.75 Å². The molecule has 2 N–H and O–H groups in total. The van der Waals surface area contributed by atoms with Crippen LogP contribution < -0.4 is 15.7 Å². The normalized spacial score (nSPS) is 12.8. The first-order valence-corrected chi connectivity index (χ1v) is 11.0. The molecule has 0 radical (unpaired) electrons. The summed E-state index contributed by atoms with van der Waals surface area (Å²) < 4.78 is 11.3. The van der Waals surface area contributed by atoms with Crippen molar-refractivity contribution in [3.8, 4) is 5.75 Å². The predicted molar refractivity (Wildman–Crippen MR) is 126 cm³/mol. The highest BCUT2D eigenvalue weighted by atomic mass is 16.5. The van der Waals surface area contributed by atoms with Crippen LogP contribution in [0.15, 0.2) is 51.7 Å². The van der Waals surface area contributed by atoms with Crippen molar-refractivity contribution in [2.24, 2.45) is 5.92 Å². The molecule has 0 bridgehead atoms. The van der Waals surface area contributed by atoms with Gasteiger partial charge >= 0.3 is 11.6 Å². The molecule has 174 valence electrons. The van der Waals surface area contributed by atoms with E-state index >= 15 is 0 Å². The molecule has 3 rings (SSSR count). The average molecular weight is 452 g/mol. The zero-order chi connectivity index (χ0) is 24.1. The van der Waals surface area contributed by atoms with Gasteiger partial charge in [0.05, 0.1) is 0 Å². The van der Waals surface area contributed by atoms with Crippen LogP contribution in [0.2, 0.25) is 0 Å². The van der Waals surface area contributed by atoms with Crippen LogP contribution in [0, 0.1) is 19.8 Å². The number of aliphatic carboxylic acids is 1. The number of hydrogen-bond donors (Lipinski definition) is 2. The molecule has 3 aromatic rings. The Bertz CT molecular complexity index is 1210. The molecule has 0 spiro atoms. The van der Waals surface area contributed by atoms with E-state index in [2.05, 4.69) is 5.32 Å². The van der Waals surface area contributed by atoms with Gasteiger partial charge in [0, 0.05) is 22.9 Å². The number of amides is 1. The minimum Gasteiger partial charge on any atom is -0.483 e. The molecule has 7 heteroatoms. The minimum atomic E-state index is -1.08. The second kappa shape index (κ2) is 10.3. The molecule has 2 aromatic carbocycles. The van der Waals surface area contributed by atoms with Gasteiger partial charge in [-0.1, -0.05) is 50.6 Å². The molecule has 0 saturated carbocycles. The van der Waals surface area contributed by atoms with E-state index in [1.54, 1.807) is 19.9 Å². The first kappa shape index (κ1) is 24.0. The number of aryl methyl sites for hydroxylation is 2. The molecule has 0 aliphatic rings. The van der Waals surface area contributed by atoms with E-state index in [1.165, 1.54) is 0 Å². The molecular formula is C26H29NO6. The van der Waals surface area contributed by atoms with E-state index in [0.29, 0.717) is 35.3 Å². The van der Waals surface area contributed by atoms with Crippen LogP contribution in [0.25, 0.3) is 11.0 Å². The number of fused-ring (bicyclic) bond motifs is 1. The number of carboxylic acids is 1. The molecule has 0 aliphatic carbocycles. The lowest BCUT2D eigenvalue weighted by atomic mass is 9.98. The number of carbonyl (C=O) groups is 2. The molecule has 33 heavy (non-hydrogen) atoms. The predicted octanol–water partition coefficient (Wildman–Crippen LogP) is 3.99. The number of carbonyl (C=O) groups excluding carboxylic acids is 1. The Labute approximate surface area is 192 Å². The van der Waals surface area contributed by atoms with Gasteiger partial charge in [0.1, 0.15) is 17.4 Å². The van der Waals surface area contributed by atoms with E-state index in [1.807, 2.05) is 50.2 Å². The van der Waals surface area contributed by atoms with Gasteiger partial charge in [0.2, 0.25) is 0 Å². The first-order chi connectivity index (χ1) is 15.7. The number of rotatable bonds is 9. The zero-order valence-electron chi connectivity index (χ0n) is 19.3. The summed E-state index contributed by atoms with van der Waals surface area (Å²) in [6, 6.07) is 12.3. The summed E-state index contributed by atoms with van der Waals surface area (Å²) in [5, 5.41) is 12.7. The van der Waals surface area contributed by atoms with Crippen molar-refractivity contribution in [1.82, 2.24) is 5.32 Å². The minimum absolute atomic E-state index is 0.212. The van der Waals surface area contributed by atoms with Crippen molar-refractivity contribution in [2.45, 2.75) is 46.6 Å². The van der Waals surface area contributed by atoms with E-state index in [-0.39, 0.29) is 12.5 Å². The van der Waals surface area contributed by atoms with Crippen LogP contribution in [-0.2, 0) is 16.0 Å². The summed E-state index contributed by atoms with van der Waals surface area (Å²) >= 11 is 0. The lowest BCUT2D eigenvalue weighted by Crippen LogP contribution is -2.46. The third kappa shape index (κ3) is 5.42. The summed E-state index contributed by atoms with van der Waals surface area (Å²) in [7, 11) is 0. The van der Waals surface area contributed by atoms with E-state index in [0.717, 1.165) is 16.5 Å². The molecule has 0 saturated heterocycles. The third-order valence-electron chi connectivity index (χ3n) is 6.03. The highest BCUT2D eigenvalue weighted by molar-refractivity contribution is 5.87. The number of ether oxygens (including phenoxy) is 1. The summed E-state index contributed by atoms with van der Waals surface area (Å²) in [6.45, 7) is 6.94. The van der Waals surface area contributed by atoms with Gasteiger partial charge in [-0.25, -0.2) is 9.59 Å². The Morgan fingerprint density at radius 2 is 1.79 bits per heavy atom. The first-order valence-electron chi connectivity index (χ1n) is 11.0. The van der Waals surface area contributed by atoms with Gasteiger partial charge in [-0.15, -0.1) is 0 Å².